The number of amides is 2. The third-order valence-corrected chi connectivity index (χ3v) is 5.57. The first kappa shape index (κ1) is 19.4. The second kappa shape index (κ2) is 8.63. The van der Waals surface area contributed by atoms with Gasteiger partial charge in [0.2, 0.25) is 0 Å². The fourth-order valence-electron chi connectivity index (χ4n) is 3.90. The van der Waals surface area contributed by atoms with Gasteiger partial charge in [0.05, 0.1) is 22.3 Å². The van der Waals surface area contributed by atoms with E-state index in [2.05, 4.69) is 37.6 Å². The number of nitrogens with zero attached hydrogens (tertiary/aromatic N) is 2. The number of H-pyrrole nitrogens is 1. The number of likely N-dealkylation sites (tertiary alicyclic amines) is 1. The number of aromatic amines is 1. The molecule has 1 saturated heterocycles. The van der Waals surface area contributed by atoms with E-state index in [1.54, 1.807) is 18.5 Å². The van der Waals surface area contributed by atoms with E-state index >= 15 is 0 Å². The van der Waals surface area contributed by atoms with E-state index in [1.807, 2.05) is 24.3 Å². The first-order valence-corrected chi connectivity index (χ1v) is 10.1. The van der Waals surface area contributed by atoms with Crippen molar-refractivity contribution in [3.05, 3.63) is 60.4 Å². The molecule has 0 radical (unpaired) electrons. The summed E-state index contributed by atoms with van der Waals surface area (Å²) in [6.45, 7) is 2.99. The molecule has 0 aliphatic carbocycles. The molecule has 4 N–H and O–H groups in total. The molecule has 7 heteroatoms. The van der Waals surface area contributed by atoms with Gasteiger partial charge in [-0.15, -0.1) is 0 Å². The van der Waals surface area contributed by atoms with Gasteiger partial charge in [-0.1, -0.05) is 30.3 Å². The Morgan fingerprint density at radius 2 is 1.97 bits per heavy atom. The number of urea groups is 1. The zero-order valence-corrected chi connectivity index (χ0v) is 16.4. The molecular formula is C22H27N5O2. The summed E-state index contributed by atoms with van der Waals surface area (Å²) >= 11 is 0. The van der Waals surface area contributed by atoms with Crippen LogP contribution in [0.2, 0.25) is 0 Å². The molecule has 2 amide bonds. The summed E-state index contributed by atoms with van der Waals surface area (Å²) in [5.74, 6) is 0. The van der Waals surface area contributed by atoms with Crippen LogP contribution in [-0.4, -0.2) is 57.8 Å². The molecule has 0 unspecified atom stereocenters. The maximum atomic E-state index is 12.2. The largest absolute Gasteiger partial charge is 0.389 e. The number of aliphatic hydroxyl groups is 1. The molecule has 0 atom stereocenters. The van der Waals surface area contributed by atoms with Crippen LogP contribution in [0.25, 0.3) is 11.0 Å². The van der Waals surface area contributed by atoms with Crippen LogP contribution >= 0.6 is 0 Å². The number of fused-ring (bicyclic) bond motifs is 1. The number of carbonyl (C=O) groups excluding carboxylic acids is 1. The number of anilines is 1. The molecule has 1 aromatic carbocycles. The molecule has 1 fully saturated rings. The number of benzene rings is 1. The van der Waals surface area contributed by atoms with Crippen LogP contribution in [0.3, 0.4) is 0 Å². The number of rotatable bonds is 6. The van der Waals surface area contributed by atoms with Crippen molar-refractivity contribution in [3.63, 3.8) is 0 Å². The molecule has 4 rings (SSSR count). The summed E-state index contributed by atoms with van der Waals surface area (Å²) in [5, 5.41) is 16.7. The monoisotopic (exact) mass is 393 g/mol. The van der Waals surface area contributed by atoms with Crippen molar-refractivity contribution in [1.82, 2.24) is 20.2 Å². The molecule has 29 heavy (non-hydrogen) atoms. The van der Waals surface area contributed by atoms with Gasteiger partial charge in [-0.05, 0) is 30.5 Å². The SMILES string of the molecule is O=C(NCCN1CCC(O)(Cc2ccccc2)CC1)Nc1ccnc2cc[nH]c12. The predicted octanol–water partition coefficient (Wildman–Crippen LogP) is 2.75. The average Bonchev–Trinajstić information content (AvgIpc) is 3.20. The summed E-state index contributed by atoms with van der Waals surface area (Å²) in [6, 6.07) is 13.6. The number of nitrogens with one attached hydrogen (secondary N) is 3. The lowest BCUT2D eigenvalue weighted by atomic mass is 9.85. The van der Waals surface area contributed by atoms with Crippen molar-refractivity contribution in [3.8, 4) is 0 Å². The summed E-state index contributed by atoms with van der Waals surface area (Å²) in [6.07, 6.45) is 5.67. The van der Waals surface area contributed by atoms with Gasteiger partial charge >= 0.3 is 6.03 Å². The average molecular weight is 393 g/mol. The zero-order chi connectivity index (χ0) is 20.1. The Labute approximate surface area is 170 Å². The van der Waals surface area contributed by atoms with Gasteiger partial charge in [0.1, 0.15) is 0 Å². The highest BCUT2D eigenvalue weighted by Gasteiger charge is 2.32. The molecular weight excluding hydrogens is 366 g/mol. The lowest BCUT2D eigenvalue weighted by molar-refractivity contribution is -0.0201. The first-order valence-electron chi connectivity index (χ1n) is 10.1. The van der Waals surface area contributed by atoms with Crippen LogP contribution in [0.1, 0.15) is 18.4 Å². The minimum absolute atomic E-state index is 0.232. The topological polar surface area (TPSA) is 93.3 Å². The molecule has 0 saturated carbocycles. The third-order valence-electron chi connectivity index (χ3n) is 5.57. The predicted molar refractivity (Wildman–Crippen MR) is 114 cm³/mol. The molecule has 2 aromatic heterocycles. The Balaban J connectivity index is 1.20. The zero-order valence-electron chi connectivity index (χ0n) is 16.4. The molecule has 0 spiro atoms. The second-order valence-corrected chi connectivity index (χ2v) is 7.71. The highest BCUT2D eigenvalue weighted by Crippen LogP contribution is 2.26. The lowest BCUT2D eigenvalue weighted by Gasteiger charge is -2.38. The first-order chi connectivity index (χ1) is 14.1. The maximum absolute atomic E-state index is 12.2. The Hall–Kier alpha value is -2.90. The van der Waals surface area contributed by atoms with Gasteiger partial charge in [0.25, 0.3) is 0 Å². The molecule has 1 aliphatic heterocycles. The van der Waals surface area contributed by atoms with E-state index in [-0.39, 0.29) is 6.03 Å². The van der Waals surface area contributed by atoms with Crippen LogP contribution in [0, 0.1) is 0 Å². The van der Waals surface area contributed by atoms with Crippen LogP contribution in [0.4, 0.5) is 10.5 Å². The van der Waals surface area contributed by atoms with Gasteiger partial charge in [-0.3, -0.25) is 4.98 Å². The molecule has 152 valence electrons. The smallest absolute Gasteiger partial charge is 0.319 e. The van der Waals surface area contributed by atoms with Crippen LogP contribution < -0.4 is 10.6 Å². The number of pyridine rings is 1. The fourth-order valence-corrected chi connectivity index (χ4v) is 3.90. The van der Waals surface area contributed by atoms with E-state index in [0.717, 1.165) is 43.5 Å². The summed E-state index contributed by atoms with van der Waals surface area (Å²) in [5.41, 5.74) is 2.89. The van der Waals surface area contributed by atoms with Gasteiger partial charge in [0, 0.05) is 45.0 Å². The molecule has 1 aliphatic rings. The number of hydrogen-bond donors (Lipinski definition) is 4. The van der Waals surface area contributed by atoms with E-state index < -0.39 is 5.60 Å². The van der Waals surface area contributed by atoms with Crippen molar-refractivity contribution in [2.75, 3.05) is 31.5 Å². The Morgan fingerprint density at radius 3 is 2.76 bits per heavy atom. The van der Waals surface area contributed by atoms with Crippen molar-refractivity contribution in [1.29, 1.82) is 0 Å². The summed E-state index contributed by atoms with van der Waals surface area (Å²) < 4.78 is 0. The minimum atomic E-state index is -0.634. The Kier molecular flexibility index (Phi) is 5.78. The number of carbonyl (C=O) groups is 1. The van der Waals surface area contributed by atoms with E-state index in [4.69, 9.17) is 0 Å². The van der Waals surface area contributed by atoms with Crippen molar-refractivity contribution < 1.29 is 9.90 Å². The third kappa shape index (κ3) is 4.93. The maximum Gasteiger partial charge on any atom is 0.319 e. The highest BCUT2D eigenvalue weighted by atomic mass is 16.3. The molecule has 7 nitrogen and oxygen atoms in total. The molecule has 3 aromatic rings. The number of hydrogen-bond acceptors (Lipinski definition) is 4. The Morgan fingerprint density at radius 1 is 1.17 bits per heavy atom. The van der Waals surface area contributed by atoms with E-state index in [9.17, 15) is 9.90 Å². The second-order valence-electron chi connectivity index (χ2n) is 7.71. The van der Waals surface area contributed by atoms with Crippen LogP contribution in [0.5, 0.6) is 0 Å². The minimum Gasteiger partial charge on any atom is -0.389 e. The van der Waals surface area contributed by atoms with Crippen molar-refractivity contribution in [2.24, 2.45) is 0 Å². The summed E-state index contributed by atoms with van der Waals surface area (Å²) in [7, 11) is 0. The molecule has 0 bridgehead atoms. The van der Waals surface area contributed by atoms with Crippen molar-refractivity contribution >= 4 is 22.8 Å². The van der Waals surface area contributed by atoms with Gasteiger partial charge < -0.3 is 25.6 Å². The lowest BCUT2D eigenvalue weighted by Crippen LogP contribution is -2.47. The number of piperidine rings is 1. The van der Waals surface area contributed by atoms with Crippen LogP contribution in [0.15, 0.2) is 54.9 Å². The van der Waals surface area contributed by atoms with E-state index in [1.165, 1.54) is 5.56 Å². The van der Waals surface area contributed by atoms with Gasteiger partial charge in [-0.2, -0.15) is 0 Å². The highest BCUT2D eigenvalue weighted by molar-refractivity contribution is 5.98. The fraction of sp³-hybridized carbons (Fsp3) is 0.364. The molecule has 3 heterocycles. The summed E-state index contributed by atoms with van der Waals surface area (Å²) in [4.78, 5) is 21.8. The van der Waals surface area contributed by atoms with Crippen LogP contribution in [-0.2, 0) is 6.42 Å². The van der Waals surface area contributed by atoms with Gasteiger partial charge in [-0.25, -0.2) is 4.79 Å². The Bertz CT molecular complexity index is 948. The van der Waals surface area contributed by atoms with E-state index in [0.29, 0.717) is 18.7 Å². The number of aromatic nitrogens is 2. The quantitative estimate of drug-likeness (QED) is 0.518. The normalized spacial score (nSPS) is 16.6. The van der Waals surface area contributed by atoms with Gasteiger partial charge in [0.15, 0.2) is 0 Å². The standard InChI is InChI=1S/C22H27N5O2/c28-21(26-19-7-10-23-18-6-11-24-20(18)19)25-12-15-27-13-8-22(29,9-14-27)16-17-4-2-1-3-5-17/h1-7,10-11,24,29H,8-9,12-16H2,(H2,23,25,26,28). The van der Waals surface area contributed by atoms with Crippen molar-refractivity contribution in [2.45, 2.75) is 24.9 Å².